The van der Waals surface area contributed by atoms with Crippen LogP contribution >= 0.6 is 0 Å². The fourth-order valence-electron chi connectivity index (χ4n) is 5.19. The number of ketones is 1. The Labute approximate surface area is 199 Å². The maximum atomic E-state index is 13.7. The van der Waals surface area contributed by atoms with Crippen molar-refractivity contribution in [2.75, 3.05) is 19.7 Å². The quantitative estimate of drug-likeness (QED) is 0.494. The van der Waals surface area contributed by atoms with Crippen LogP contribution in [-0.2, 0) is 25.3 Å². The van der Waals surface area contributed by atoms with Gasteiger partial charge in [-0.1, -0.05) is 50.6 Å². The SMILES string of the molecule is CC(C)C[C@H](CC(=O)[C@H](Cc1ccccc1)NC(=O)c1cnccn1)[B-]12OCC[NH+]1CC(=O)O2. The lowest BCUT2D eigenvalue weighted by Crippen LogP contribution is -3.19. The fraction of sp³-hybridized carbons (Fsp3) is 0.458. The summed E-state index contributed by atoms with van der Waals surface area (Å²) in [5.41, 5.74) is 1.08. The normalized spacial score (nSPS) is 23.3. The lowest BCUT2D eigenvalue weighted by Gasteiger charge is -2.38. The second-order valence-corrected chi connectivity index (χ2v) is 9.58. The van der Waals surface area contributed by atoms with Crippen molar-refractivity contribution in [1.29, 1.82) is 0 Å². The number of aromatic nitrogens is 2. The van der Waals surface area contributed by atoms with Gasteiger partial charge in [0.25, 0.3) is 5.91 Å². The van der Waals surface area contributed by atoms with E-state index in [0.717, 1.165) is 10.4 Å². The highest BCUT2D eigenvalue weighted by molar-refractivity contribution is 6.64. The van der Waals surface area contributed by atoms with Gasteiger partial charge < -0.3 is 19.4 Å². The molecule has 0 spiro atoms. The summed E-state index contributed by atoms with van der Waals surface area (Å²) in [5.74, 6) is -0.847. The summed E-state index contributed by atoms with van der Waals surface area (Å²) in [6.45, 7) is 3.65. The highest BCUT2D eigenvalue weighted by Gasteiger charge is 2.59. The number of carbonyl (C=O) groups excluding carboxylic acids is 3. The minimum Gasteiger partial charge on any atom is -0.611 e. The molecule has 10 heteroatoms. The molecule has 2 aromatic rings. The molecule has 2 aliphatic rings. The molecule has 180 valence electrons. The number of quaternary nitrogens is 1. The van der Waals surface area contributed by atoms with Gasteiger partial charge >= 0.3 is 12.7 Å². The molecule has 4 rings (SSSR count). The molecule has 4 atom stereocenters. The van der Waals surface area contributed by atoms with Gasteiger partial charge in [-0.15, -0.1) is 0 Å². The van der Waals surface area contributed by atoms with Crippen molar-refractivity contribution in [2.45, 2.75) is 45.0 Å². The van der Waals surface area contributed by atoms with Crippen LogP contribution in [0.25, 0.3) is 0 Å². The summed E-state index contributed by atoms with van der Waals surface area (Å²) in [4.78, 5) is 47.6. The van der Waals surface area contributed by atoms with Crippen molar-refractivity contribution in [3.05, 3.63) is 60.2 Å². The molecule has 1 amide bonds. The number of benzene rings is 1. The molecule has 3 heterocycles. The van der Waals surface area contributed by atoms with E-state index < -0.39 is 18.6 Å². The van der Waals surface area contributed by atoms with E-state index in [9.17, 15) is 14.4 Å². The zero-order valence-electron chi connectivity index (χ0n) is 19.6. The minimum atomic E-state index is -1.95. The Bertz CT molecular complexity index is 1020. The van der Waals surface area contributed by atoms with Gasteiger partial charge in [0.1, 0.15) is 12.2 Å². The lowest BCUT2D eigenvalue weighted by atomic mass is 9.53. The van der Waals surface area contributed by atoms with Crippen LogP contribution in [0, 0.1) is 5.92 Å². The number of nitrogens with one attached hydrogen (secondary N) is 2. The average molecular weight is 466 g/mol. The molecule has 2 N–H and O–H groups in total. The molecule has 2 fully saturated rings. The van der Waals surface area contributed by atoms with Gasteiger partial charge in [0.15, 0.2) is 5.78 Å². The zero-order valence-corrected chi connectivity index (χ0v) is 19.6. The van der Waals surface area contributed by atoms with Crippen LogP contribution in [0.15, 0.2) is 48.9 Å². The molecule has 0 radical (unpaired) electrons. The molecule has 1 aromatic carbocycles. The molecular weight excluding hydrogens is 435 g/mol. The summed E-state index contributed by atoms with van der Waals surface area (Å²) in [6, 6.07) is 8.79. The van der Waals surface area contributed by atoms with Gasteiger partial charge in [-0.05, 0) is 30.1 Å². The third-order valence-corrected chi connectivity index (χ3v) is 6.67. The van der Waals surface area contributed by atoms with E-state index in [0.29, 0.717) is 26.0 Å². The van der Waals surface area contributed by atoms with Crippen LogP contribution in [-0.4, -0.2) is 60.1 Å². The molecule has 2 aliphatic heterocycles. The number of nitrogens with zero attached hydrogens (tertiary/aromatic N) is 2. The first-order valence-electron chi connectivity index (χ1n) is 11.9. The van der Waals surface area contributed by atoms with E-state index in [4.69, 9.17) is 9.31 Å². The first kappa shape index (κ1) is 24.0. The molecule has 2 unspecified atom stereocenters. The van der Waals surface area contributed by atoms with Gasteiger partial charge in [-0.3, -0.25) is 19.4 Å². The van der Waals surface area contributed by atoms with Gasteiger partial charge in [0.05, 0.1) is 25.4 Å². The summed E-state index contributed by atoms with van der Waals surface area (Å²) in [6.07, 6.45) is 5.46. The van der Waals surface area contributed by atoms with E-state index in [2.05, 4.69) is 29.1 Å². The second-order valence-electron chi connectivity index (χ2n) is 9.58. The van der Waals surface area contributed by atoms with Gasteiger partial charge in [0.2, 0.25) is 0 Å². The summed E-state index contributed by atoms with van der Waals surface area (Å²) < 4.78 is 11.9. The monoisotopic (exact) mass is 466 g/mol. The number of rotatable bonds is 10. The zero-order chi connectivity index (χ0) is 24.1. The van der Waals surface area contributed by atoms with E-state index in [1.165, 1.54) is 18.6 Å². The summed E-state index contributed by atoms with van der Waals surface area (Å²) in [7, 11) is 0. The minimum absolute atomic E-state index is 0.124. The van der Waals surface area contributed by atoms with Crippen molar-refractivity contribution in [3.63, 3.8) is 0 Å². The predicted molar refractivity (Wildman–Crippen MR) is 125 cm³/mol. The Morgan fingerprint density at radius 2 is 2.00 bits per heavy atom. The van der Waals surface area contributed by atoms with Crippen LogP contribution < -0.4 is 10.1 Å². The van der Waals surface area contributed by atoms with Crippen LogP contribution in [0.3, 0.4) is 0 Å². The fourth-order valence-corrected chi connectivity index (χ4v) is 5.19. The molecule has 34 heavy (non-hydrogen) atoms. The Kier molecular flexibility index (Phi) is 7.38. The molecule has 0 saturated carbocycles. The Balaban J connectivity index is 1.57. The molecular formula is C24H31BN4O5. The number of hydrogen-bond acceptors (Lipinski definition) is 7. The molecule has 9 nitrogen and oxygen atoms in total. The maximum absolute atomic E-state index is 13.7. The van der Waals surface area contributed by atoms with Gasteiger partial charge in [-0.2, -0.15) is 0 Å². The molecule has 0 bridgehead atoms. The lowest BCUT2D eigenvalue weighted by molar-refractivity contribution is -0.781. The summed E-state index contributed by atoms with van der Waals surface area (Å²) >= 11 is 0. The molecule has 1 aromatic heterocycles. The third kappa shape index (κ3) is 5.34. The Hall–Kier alpha value is -3.11. The number of carbonyl (C=O) groups is 3. The smallest absolute Gasteiger partial charge is 0.530 e. The first-order valence-corrected chi connectivity index (χ1v) is 11.9. The topological polar surface area (TPSA) is 112 Å². The largest absolute Gasteiger partial charge is 0.611 e. The standard InChI is InChI=1S/C24H31BN4O5/c1-17(2)12-19(25-29(10-11-33-25)16-23(31)34-25)14-22(30)20(13-18-6-4-3-5-7-18)28-24(32)21-15-26-8-9-27-21/h3-9,15,17,19-20,29H,10-14,16H2,1-2H3,(H,28,32)/t19-,20+,25?/m1/s1. The first-order chi connectivity index (χ1) is 16.4. The van der Waals surface area contributed by atoms with Crippen LogP contribution in [0.2, 0.25) is 5.82 Å². The van der Waals surface area contributed by atoms with Crippen molar-refractivity contribution >= 4 is 24.3 Å². The molecule has 2 saturated heterocycles. The number of fused-ring (bicyclic) bond motifs is 1. The van der Waals surface area contributed by atoms with Gasteiger partial charge in [0, 0.05) is 12.4 Å². The number of Topliss-reactive ketones (excluding diaryl/α,β-unsaturated/α-hetero) is 1. The second kappa shape index (κ2) is 10.4. The van der Waals surface area contributed by atoms with E-state index in [-0.39, 0.29) is 42.1 Å². The van der Waals surface area contributed by atoms with Crippen molar-refractivity contribution in [1.82, 2.24) is 15.3 Å². The Morgan fingerprint density at radius 3 is 2.71 bits per heavy atom. The molecule has 0 aliphatic carbocycles. The number of amides is 1. The maximum Gasteiger partial charge on any atom is 0.530 e. The number of hydrogen-bond donors (Lipinski definition) is 2. The highest BCUT2D eigenvalue weighted by Crippen LogP contribution is 2.34. The Morgan fingerprint density at radius 1 is 1.21 bits per heavy atom. The van der Waals surface area contributed by atoms with Crippen LogP contribution in [0.1, 0.15) is 42.7 Å². The third-order valence-electron chi connectivity index (χ3n) is 6.67. The predicted octanol–water partition coefficient (Wildman–Crippen LogP) is 0.604. The van der Waals surface area contributed by atoms with E-state index in [1.807, 2.05) is 30.3 Å². The van der Waals surface area contributed by atoms with Crippen LogP contribution in [0.4, 0.5) is 0 Å². The summed E-state index contributed by atoms with van der Waals surface area (Å²) in [5, 5.41) is 2.86. The van der Waals surface area contributed by atoms with Crippen molar-refractivity contribution < 1.29 is 28.5 Å². The van der Waals surface area contributed by atoms with Crippen molar-refractivity contribution in [2.24, 2.45) is 5.92 Å². The van der Waals surface area contributed by atoms with Crippen molar-refractivity contribution in [3.8, 4) is 0 Å². The van der Waals surface area contributed by atoms with E-state index >= 15 is 0 Å². The average Bonchev–Trinajstić information content (AvgIpc) is 3.36. The van der Waals surface area contributed by atoms with Gasteiger partial charge in [-0.25, -0.2) is 4.98 Å². The van der Waals surface area contributed by atoms with E-state index in [1.54, 1.807) is 0 Å². The van der Waals surface area contributed by atoms with Crippen LogP contribution in [0.5, 0.6) is 0 Å². The highest BCUT2D eigenvalue weighted by atomic mass is 16.7.